The third kappa shape index (κ3) is 3.02. The molecule has 0 saturated carbocycles. The molecule has 96 valence electrons. The summed E-state index contributed by atoms with van der Waals surface area (Å²) in [6.07, 6.45) is 1.67. The Kier molecular flexibility index (Phi) is 4.22. The average molecular weight is 285 g/mol. The second kappa shape index (κ2) is 5.69. The van der Waals surface area contributed by atoms with Gasteiger partial charge in [-0.15, -0.1) is 0 Å². The molecular weight excluding hydrogens is 271 g/mol. The first-order chi connectivity index (χ1) is 8.58. The number of aryl methyl sites for hydroxylation is 1. The summed E-state index contributed by atoms with van der Waals surface area (Å²) in [7, 11) is 1.84. The number of aromatic nitrogens is 3. The summed E-state index contributed by atoms with van der Waals surface area (Å²) < 4.78 is 1.67. The molecule has 0 bridgehead atoms. The van der Waals surface area contributed by atoms with E-state index in [1.807, 2.05) is 26.1 Å². The Bertz CT molecular complexity index is 539. The molecule has 1 N–H and O–H groups in total. The van der Waals surface area contributed by atoms with Crippen molar-refractivity contribution >= 4 is 23.2 Å². The molecule has 0 aliphatic rings. The summed E-state index contributed by atoms with van der Waals surface area (Å²) >= 11 is 12.2. The van der Waals surface area contributed by atoms with Crippen molar-refractivity contribution in [2.75, 3.05) is 0 Å². The number of hydrogen-bond acceptors (Lipinski definition) is 3. The Balaban J connectivity index is 2.03. The normalized spacial score (nSPS) is 12.7. The van der Waals surface area contributed by atoms with E-state index in [-0.39, 0.29) is 6.04 Å². The van der Waals surface area contributed by atoms with Crippen LogP contribution >= 0.6 is 23.2 Å². The van der Waals surface area contributed by atoms with Crippen molar-refractivity contribution in [3.63, 3.8) is 0 Å². The third-order valence-electron chi connectivity index (χ3n) is 2.66. The van der Waals surface area contributed by atoms with Crippen LogP contribution in [-0.2, 0) is 13.6 Å². The first-order valence-corrected chi connectivity index (χ1v) is 6.35. The van der Waals surface area contributed by atoms with Gasteiger partial charge in [0.2, 0.25) is 0 Å². The van der Waals surface area contributed by atoms with Gasteiger partial charge in [-0.3, -0.25) is 4.68 Å². The molecule has 0 radical (unpaired) electrons. The van der Waals surface area contributed by atoms with E-state index in [2.05, 4.69) is 15.4 Å². The van der Waals surface area contributed by atoms with Gasteiger partial charge in [0.15, 0.2) is 5.82 Å². The average Bonchev–Trinajstić information content (AvgIpc) is 2.76. The molecule has 1 heterocycles. The van der Waals surface area contributed by atoms with Gasteiger partial charge in [-0.2, -0.15) is 5.10 Å². The maximum atomic E-state index is 6.17. The van der Waals surface area contributed by atoms with Gasteiger partial charge in [-0.05, 0) is 18.6 Å². The summed E-state index contributed by atoms with van der Waals surface area (Å²) in [5, 5.41) is 8.67. The molecule has 2 rings (SSSR count). The summed E-state index contributed by atoms with van der Waals surface area (Å²) in [4.78, 5) is 4.15. The molecular formula is C12H14Cl2N4. The molecule has 4 nitrogen and oxygen atoms in total. The summed E-state index contributed by atoms with van der Waals surface area (Å²) in [6.45, 7) is 2.62. The minimum atomic E-state index is 0.0833. The Morgan fingerprint density at radius 1 is 1.39 bits per heavy atom. The van der Waals surface area contributed by atoms with Crippen LogP contribution in [0.4, 0.5) is 0 Å². The van der Waals surface area contributed by atoms with Crippen molar-refractivity contribution in [2.24, 2.45) is 7.05 Å². The molecule has 1 aromatic heterocycles. The van der Waals surface area contributed by atoms with Crippen LogP contribution in [0.2, 0.25) is 10.0 Å². The zero-order chi connectivity index (χ0) is 13.1. The molecule has 18 heavy (non-hydrogen) atoms. The van der Waals surface area contributed by atoms with Crippen LogP contribution in [0.15, 0.2) is 24.5 Å². The predicted octanol–water partition coefficient (Wildman–Crippen LogP) is 2.97. The number of nitrogens with zero attached hydrogens (tertiary/aromatic N) is 3. The van der Waals surface area contributed by atoms with Gasteiger partial charge >= 0.3 is 0 Å². The fraction of sp³-hybridized carbons (Fsp3) is 0.333. The number of nitrogens with one attached hydrogen (secondary N) is 1. The molecule has 1 atom stereocenters. The lowest BCUT2D eigenvalue weighted by Crippen LogP contribution is -2.19. The van der Waals surface area contributed by atoms with Crippen LogP contribution in [0.3, 0.4) is 0 Å². The van der Waals surface area contributed by atoms with Gasteiger partial charge in [0.1, 0.15) is 6.33 Å². The van der Waals surface area contributed by atoms with Gasteiger partial charge in [0, 0.05) is 13.1 Å². The minimum Gasteiger partial charge on any atom is -0.303 e. The standard InChI is InChI=1S/C12H14Cl2N4/c1-8(9-4-3-5-10(13)12(9)14)15-6-11-16-7-18(2)17-11/h3-5,7-8,15H,6H2,1-2H3. The van der Waals surface area contributed by atoms with E-state index in [1.165, 1.54) is 0 Å². The van der Waals surface area contributed by atoms with Gasteiger partial charge in [0.05, 0.1) is 16.6 Å². The lowest BCUT2D eigenvalue weighted by molar-refractivity contribution is 0.556. The SMILES string of the molecule is CC(NCc1ncn(C)n1)c1cccc(Cl)c1Cl. The highest BCUT2D eigenvalue weighted by Gasteiger charge is 2.12. The van der Waals surface area contributed by atoms with Crippen molar-refractivity contribution in [3.8, 4) is 0 Å². The summed E-state index contributed by atoms with van der Waals surface area (Å²) in [5.41, 5.74) is 0.972. The number of benzene rings is 1. The molecule has 1 aromatic carbocycles. The molecule has 1 unspecified atom stereocenters. The van der Waals surface area contributed by atoms with Crippen LogP contribution in [0.5, 0.6) is 0 Å². The minimum absolute atomic E-state index is 0.0833. The van der Waals surface area contributed by atoms with Crippen LogP contribution < -0.4 is 5.32 Å². The second-order valence-electron chi connectivity index (χ2n) is 4.08. The molecule has 0 spiro atoms. The van der Waals surface area contributed by atoms with Crippen LogP contribution in [0.1, 0.15) is 24.4 Å². The summed E-state index contributed by atoms with van der Waals surface area (Å²) in [5.74, 6) is 0.752. The molecule has 6 heteroatoms. The van der Waals surface area contributed by atoms with Crippen molar-refractivity contribution in [1.29, 1.82) is 0 Å². The van der Waals surface area contributed by atoms with Crippen molar-refractivity contribution in [3.05, 3.63) is 46.0 Å². The molecule has 0 aliphatic heterocycles. The monoisotopic (exact) mass is 284 g/mol. The number of halogens is 2. The molecule has 2 aromatic rings. The van der Waals surface area contributed by atoms with Gasteiger partial charge in [0.25, 0.3) is 0 Å². The Hall–Kier alpha value is -1.10. The molecule has 0 fully saturated rings. The van der Waals surface area contributed by atoms with Crippen molar-refractivity contribution in [1.82, 2.24) is 20.1 Å². The van der Waals surface area contributed by atoms with E-state index < -0.39 is 0 Å². The van der Waals surface area contributed by atoms with E-state index in [4.69, 9.17) is 23.2 Å². The Morgan fingerprint density at radius 2 is 2.17 bits per heavy atom. The molecule has 0 saturated heterocycles. The maximum Gasteiger partial charge on any atom is 0.164 e. The van der Waals surface area contributed by atoms with E-state index in [1.54, 1.807) is 17.1 Å². The van der Waals surface area contributed by atoms with Crippen LogP contribution in [-0.4, -0.2) is 14.8 Å². The highest BCUT2D eigenvalue weighted by molar-refractivity contribution is 6.42. The Labute approximate surface area is 116 Å². The first kappa shape index (κ1) is 13.3. The highest BCUT2D eigenvalue weighted by atomic mass is 35.5. The highest BCUT2D eigenvalue weighted by Crippen LogP contribution is 2.29. The van der Waals surface area contributed by atoms with E-state index >= 15 is 0 Å². The Morgan fingerprint density at radius 3 is 2.83 bits per heavy atom. The van der Waals surface area contributed by atoms with E-state index in [0.717, 1.165) is 11.4 Å². The maximum absolute atomic E-state index is 6.17. The van der Waals surface area contributed by atoms with Gasteiger partial charge < -0.3 is 5.32 Å². The topological polar surface area (TPSA) is 42.7 Å². The van der Waals surface area contributed by atoms with E-state index in [0.29, 0.717) is 16.6 Å². The lowest BCUT2D eigenvalue weighted by Gasteiger charge is -2.15. The third-order valence-corrected chi connectivity index (χ3v) is 3.49. The van der Waals surface area contributed by atoms with Crippen LogP contribution in [0.25, 0.3) is 0 Å². The molecule has 0 amide bonds. The zero-order valence-corrected chi connectivity index (χ0v) is 11.7. The van der Waals surface area contributed by atoms with E-state index in [9.17, 15) is 0 Å². The quantitative estimate of drug-likeness (QED) is 0.939. The number of rotatable bonds is 4. The van der Waals surface area contributed by atoms with Crippen molar-refractivity contribution in [2.45, 2.75) is 19.5 Å². The number of hydrogen-bond donors (Lipinski definition) is 1. The predicted molar refractivity (Wildman–Crippen MR) is 72.7 cm³/mol. The second-order valence-corrected chi connectivity index (χ2v) is 4.87. The fourth-order valence-corrected chi connectivity index (χ4v) is 2.15. The summed E-state index contributed by atoms with van der Waals surface area (Å²) in [6, 6.07) is 5.71. The molecule has 0 aliphatic carbocycles. The fourth-order valence-electron chi connectivity index (χ4n) is 1.67. The van der Waals surface area contributed by atoms with Crippen molar-refractivity contribution < 1.29 is 0 Å². The van der Waals surface area contributed by atoms with Gasteiger partial charge in [-0.1, -0.05) is 35.3 Å². The zero-order valence-electron chi connectivity index (χ0n) is 10.2. The lowest BCUT2D eigenvalue weighted by atomic mass is 10.1. The first-order valence-electron chi connectivity index (χ1n) is 5.59. The van der Waals surface area contributed by atoms with Crippen LogP contribution in [0, 0.1) is 0 Å². The van der Waals surface area contributed by atoms with Gasteiger partial charge in [-0.25, -0.2) is 4.98 Å². The largest absolute Gasteiger partial charge is 0.303 e. The smallest absolute Gasteiger partial charge is 0.164 e.